The van der Waals surface area contributed by atoms with Crippen LogP contribution in [0.25, 0.3) is 0 Å². The lowest BCUT2D eigenvalue weighted by molar-refractivity contribution is -0.234. The van der Waals surface area contributed by atoms with Gasteiger partial charge in [0.2, 0.25) is 0 Å². The summed E-state index contributed by atoms with van der Waals surface area (Å²) in [5.74, 6) is -0.526. The Labute approximate surface area is 82.0 Å². The minimum absolute atomic E-state index is 0. The predicted octanol–water partition coefficient (Wildman–Crippen LogP) is 2.40. The molecule has 0 aromatic heterocycles. The highest BCUT2D eigenvalue weighted by Crippen LogP contribution is 2.39. The summed E-state index contributed by atoms with van der Waals surface area (Å²) in [6.45, 7) is 6.20. The summed E-state index contributed by atoms with van der Waals surface area (Å²) < 4.78 is 0. The fourth-order valence-electron chi connectivity index (χ4n) is 2.33. The van der Waals surface area contributed by atoms with Gasteiger partial charge >= 0.3 is 0 Å². The van der Waals surface area contributed by atoms with Crippen molar-refractivity contribution in [2.45, 2.75) is 53.2 Å². The van der Waals surface area contributed by atoms with Crippen molar-refractivity contribution in [3.05, 3.63) is 0 Å². The van der Waals surface area contributed by atoms with Gasteiger partial charge in [-0.15, -0.1) is 0 Å². The van der Waals surface area contributed by atoms with E-state index in [0.29, 0.717) is 18.3 Å². The summed E-state index contributed by atoms with van der Waals surface area (Å²) >= 11 is 0. The standard InChI is InChI=1S/C10H20O2.CH4/c1-7(2)9-5-4-8(3)6-10(9,11)12;/h7-9,11-12H,4-6H2,1-3H3;1H4. The molecule has 0 spiro atoms. The van der Waals surface area contributed by atoms with Crippen LogP contribution in [0.2, 0.25) is 0 Å². The van der Waals surface area contributed by atoms with E-state index >= 15 is 0 Å². The molecule has 0 aromatic rings. The van der Waals surface area contributed by atoms with Gasteiger partial charge in [-0.3, -0.25) is 0 Å². The quantitative estimate of drug-likeness (QED) is 0.620. The van der Waals surface area contributed by atoms with E-state index < -0.39 is 5.79 Å². The second-order valence-corrected chi connectivity index (χ2v) is 4.62. The van der Waals surface area contributed by atoms with E-state index in [9.17, 15) is 10.2 Å². The third-order valence-corrected chi connectivity index (χ3v) is 3.02. The molecule has 13 heavy (non-hydrogen) atoms. The molecule has 1 fully saturated rings. The van der Waals surface area contributed by atoms with E-state index in [2.05, 4.69) is 20.8 Å². The average Bonchev–Trinajstić information content (AvgIpc) is 1.82. The zero-order valence-electron chi connectivity index (χ0n) is 8.25. The monoisotopic (exact) mass is 188 g/mol. The molecular formula is C11H24O2. The second kappa shape index (κ2) is 4.43. The van der Waals surface area contributed by atoms with Crippen LogP contribution < -0.4 is 0 Å². The van der Waals surface area contributed by atoms with Crippen LogP contribution in [0.4, 0.5) is 0 Å². The van der Waals surface area contributed by atoms with Crippen molar-refractivity contribution < 1.29 is 10.2 Å². The smallest absolute Gasteiger partial charge is 0.165 e. The highest BCUT2D eigenvalue weighted by Gasteiger charge is 2.40. The Morgan fingerprint density at radius 1 is 1.23 bits per heavy atom. The van der Waals surface area contributed by atoms with Gasteiger partial charge in [-0.25, -0.2) is 0 Å². The van der Waals surface area contributed by atoms with E-state index in [-0.39, 0.29) is 13.3 Å². The van der Waals surface area contributed by atoms with Crippen molar-refractivity contribution in [3.8, 4) is 0 Å². The largest absolute Gasteiger partial charge is 0.365 e. The van der Waals surface area contributed by atoms with E-state index in [1.807, 2.05) is 0 Å². The second-order valence-electron chi connectivity index (χ2n) is 4.62. The minimum Gasteiger partial charge on any atom is -0.365 e. The molecule has 0 amide bonds. The van der Waals surface area contributed by atoms with Crippen molar-refractivity contribution in [3.63, 3.8) is 0 Å². The zero-order valence-corrected chi connectivity index (χ0v) is 8.25. The number of rotatable bonds is 1. The molecule has 1 saturated carbocycles. The molecule has 2 nitrogen and oxygen atoms in total. The number of hydrogen-bond acceptors (Lipinski definition) is 2. The molecule has 0 bridgehead atoms. The maximum absolute atomic E-state index is 9.73. The van der Waals surface area contributed by atoms with E-state index in [4.69, 9.17) is 0 Å². The molecule has 1 rings (SSSR count). The average molecular weight is 188 g/mol. The molecule has 2 heteroatoms. The first-order chi connectivity index (χ1) is 5.43. The number of aliphatic hydroxyl groups is 2. The molecule has 1 aliphatic rings. The van der Waals surface area contributed by atoms with Crippen LogP contribution in [0, 0.1) is 17.8 Å². The maximum atomic E-state index is 9.73. The molecule has 0 aliphatic heterocycles. The van der Waals surface area contributed by atoms with Gasteiger partial charge in [0, 0.05) is 12.3 Å². The van der Waals surface area contributed by atoms with Gasteiger partial charge < -0.3 is 10.2 Å². The van der Waals surface area contributed by atoms with Gasteiger partial charge in [-0.2, -0.15) is 0 Å². The van der Waals surface area contributed by atoms with Gasteiger partial charge in [0.1, 0.15) is 0 Å². The summed E-state index contributed by atoms with van der Waals surface area (Å²) in [4.78, 5) is 0. The molecule has 0 aromatic carbocycles. The highest BCUT2D eigenvalue weighted by atomic mass is 16.5. The third kappa shape index (κ3) is 2.96. The van der Waals surface area contributed by atoms with Crippen molar-refractivity contribution in [1.82, 2.24) is 0 Å². The normalized spacial score (nSPS) is 32.8. The Balaban J connectivity index is 0.00000144. The lowest BCUT2D eigenvalue weighted by Gasteiger charge is -2.40. The Bertz CT molecular complexity index is 152. The Hall–Kier alpha value is -0.0800. The number of hydrogen-bond donors (Lipinski definition) is 2. The molecule has 1 aliphatic carbocycles. The van der Waals surface area contributed by atoms with Crippen molar-refractivity contribution in [1.29, 1.82) is 0 Å². The molecule has 0 saturated heterocycles. The molecule has 2 atom stereocenters. The van der Waals surface area contributed by atoms with Gasteiger partial charge in [0.25, 0.3) is 0 Å². The first-order valence-corrected chi connectivity index (χ1v) is 4.88. The lowest BCUT2D eigenvalue weighted by Crippen LogP contribution is -2.45. The first-order valence-electron chi connectivity index (χ1n) is 4.88. The fourth-order valence-corrected chi connectivity index (χ4v) is 2.33. The van der Waals surface area contributed by atoms with Gasteiger partial charge in [0.15, 0.2) is 5.79 Å². The predicted molar refractivity (Wildman–Crippen MR) is 55.2 cm³/mol. The minimum atomic E-state index is -1.41. The van der Waals surface area contributed by atoms with Crippen molar-refractivity contribution in [2.24, 2.45) is 17.8 Å². The third-order valence-electron chi connectivity index (χ3n) is 3.02. The van der Waals surface area contributed by atoms with Crippen LogP contribution in [0.1, 0.15) is 47.5 Å². The zero-order chi connectivity index (χ0) is 9.35. The molecule has 2 N–H and O–H groups in total. The van der Waals surface area contributed by atoms with Gasteiger partial charge in [0.05, 0.1) is 0 Å². The van der Waals surface area contributed by atoms with Crippen LogP contribution >= 0.6 is 0 Å². The van der Waals surface area contributed by atoms with E-state index in [1.165, 1.54) is 0 Å². The summed E-state index contributed by atoms with van der Waals surface area (Å²) in [7, 11) is 0. The van der Waals surface area contributed by atoms with Crippen LogP contribution in [0.3, 0.4) is 0 Å². The first kappa shape index (κ1) is 12.9. The van der Waals surface area contributed by atoms with Crippen molar-refractivity contribution in [2.75, 3.05) is 0 Å². The van der Waals surface area contributed by atoms with Crippen LogP contribution in [-0.4, -0.2) is 16.0 Å². The van der Waals surface area contributed by atoms with Crippen LogP contribution in [0.5, 0.6) is 0 Å². The van der Waals surface area contributed by atoms with Crippen LogP contribution in [0.15, 0.2) is 0 Å². The maximum Gasteiger partial charge on any atom is 0.165 e. The molecule has 0 heterocycles. The summed E-state index contributed by atoms with van der Waals surface area (Å²) in [6, 6.07) is 0. The molecular weight excluding hydrogens is 164 g/mol. The summed E-state index contributed by atoms with van der Waals surface area (Å²) in [6.07, 6.45) is 2.62. The van der Waals surface area contributed by atoms with Crippen LogP contribution in [-0.2, 0) is 0 Å². The fraction of sp³-hybridized carbons (Fsp3) is 1.00. The Morgan fingerprint density at radius 2 is 1.77 bits per heavy atom. The Kier molecular flexibility index (Phi) is 4.40. The Morgan fingerprint density at radius 3 is 2.15 bits per heavy atom. The SMILES string of the molecule is C.CC1CCC(C(C)C)C(O)(O)C1. The molecule has 2 unspecified atom stereocenters. The van der Waals surface area contributed by atoms with E-state index in [1.54, 1.807) is 0 Å². The summed E-state index contributed by atoms with van der Waals surface area (Å²) in [5, 5.41) is 19.5. The lowest BCUT2D eigenvalue weighted by atomic mass is 9.73. The molecule has 80 valence electrons. The molecule has 0 radical (unpaired) electrons. The topological polar surface area (TPSA) is 40.5 Å². The summed E-state index contributed by atoms with van der Waals surface area (Å²) in [5.41, 5.74) is 0. The van der Waals surface area contributed by atoms with Gasteiger partial charge in [-0.1, -0.05) is 34.6 Å². The van der Waals surface area contributed by atoms with E-state index in [0.717, 1.165) is 12.8 Å². The van der Waals surface area contributed by atoms with Gasteiger partial charge in [-0.05, 0) is 18.3 Å². The highest BCUT2D eigenvalue weighted by molar-refractivity contribution is 4.85. The van der Waals surface area contributed by atoms with Crippen molar-refractivity contribution >= 4 is 0 Å².